The summed E-state index contributed by atoms with van der Waals surface area (Å²) in [7, 11) is 3.66. The van der Waals surface area contributed by atoms with Crippen LogP contribution in [0.3, 0.4) is 0 Å². The number of carbonyl (C=O) groups excluding carboxylic acids is 1. The molecule has 0 bridgehead atoms. The first kappa shape index (κ1) is 14.9. The van der Waals surface area contributed by atoms with Gasteiger partial charge in [0.15, 0.2) is 0 Å². The molecule has 104 valence electrons. The number of amides is 1. The van der Waals surface area contributed by atoms with Crippen LogP contribution in [0.4, 0.5) is 5.82 Å². The summed E-state index contributed by atoms with van der Waals surface area (Å²) in [6.45, 7) is 2.04. The van der Waals surface area contributed by atoms with Crippen molar-refractivity contribution < 1.29 is 14.7 Å². The van der Waals surface area contributed by atoms with Gasteiger partial charge in [0.25, 0.3) is 5.91 Å². The van der Waals surface area contributed by atoms with Crippen molar-refractivity contribution in [2.75, 3.05) is 32.1 Å². The maximum absolute atomic E-state index is 12.3. The first-order valence-corrected chi connectivity index (χ1v) is 6.10. The molecule has 19 heavy (non-hydrogen) atoms. The smallest absolute Gasteiger partial charge is 0.323 e. The van der Waals surface area contributed by atoms with Crippen LogP contribution in [0.5, 0.6) is 0 Å². The second kappa shape index (κ2) is 6.72. The summed E-state index contributed by atoms with van der Waals surface area (Å²) in [6.07, 6.45) is 2.26. The normalized spacial score (nSPS) is 10.1. The fourth-order valence-electron chi connectivity index (χ4n) is 1.66. The molecule has 0 saturated heterocycles. The van der Waals surface area contributed by atoms with Gasteiger partial charge < -0.3 is 14.9 Å². The molecule has 1 aromatic heterocycles. The Morgan fingerprint density at radius 2 is 2.05 bits per heavy atom. The second-order valence-corrected chi connectivity index (χ2v) is 4.42. The molecule has 1 aromatic rings. The first-order chi connectivity index (χ1) is 8.95. The highest BCUT2D eigenvalue weighted by Gasteiger charge is 2.18. The third-order valence-electron chi connectivity index (χ3n) is 2.56. The number of carboxylic acid groups (broad SMARTS) is 1. The summed E-state index contributed by atoms with van der Waals surface area (Å²) in [5.74, 6) is -0.629. The van der Waals surface area contributed by atoms with E-state index in [0.717, 1.165) is 0 Å². The van der Waals surface area contributed by atoms with Gasteiger partial charge in [-0.05, 0) is 18.6 Å². The molecular weight excluding hydrogens is 246 g/mol. The van der Waals surface area contributed by atoms with Gasteiger partial charge in [-0.3, -0.25) is 9.59 Å². The van der Waals surface area contributed by atoms with Gasteiger partial charge in [-0.15, -0.1) is 0 Å². The lowest BCUT2D eigenvalue weighted by molar-refractivity contribution is -0.137. The van der Waals surface area contributed by atoms with Crippen LogP contribution in [-0.4, -0.2) is 54.1 Å². The van der Waals surface area contributed by atoms with Crippen molar-refractivity contribution in [3.8, 4) is 0 Å². The Kier molecular flexibility index (Phi) is 5.29. The standard InChI is InChI=1S/C13H19N3O3/c1-4-7-16(9-12(17)18)13(19)10-5-6-14-11(8-10)15(2)3/h5-6,8H,4,7,9H2,1-3H3,(H,17,18). The minimum atomic E-state index is -1.01. The average Bonchev–Trinajstić information content (AvgIpc) is 2.37. The number of pyridine rings is 1. The molecule has 0 fully saturated rings. The van der Waals surface area contributed by atoms with Crippen LogP contribution in [0.25, 0.3) is 0 Å². The molecule has 0 spiro atoms. The number of carboxylic acids is 1. The van der Waals surface area contributed by atoms with Crippen LogP contribution in [0.15, 0.2) is 18.3 Å². The Balaban J connectivity index is 2.95. The number of aliphatic carboxylic acids is 1. The van der Waals surface area contributed by atoms with Gasteiger partial charge in [-0.1, -0.05) is 6.92 Å². The zero-order valence-corrected chi connectivity index (χ0v) is 11.5. The number of rotatable bonds is 6. The fourth-order valence-corrected chi connectivity index (χ4v) is 1.66. The summed E-state index contributed by atoms with van der Waals surface area (Å²) in [5, 5.41) is 8.83. The number of hydrogen-bond donors (Lipinski definition) is 1. The topological polar surface area (TPSA) is 73.7 Å². The third kappa shape index (κ3) is 4.24. The molecule has 0 unspecified atom stereocenters. The molecule has 0 aliphatic heterocycles. The lowest BCUT2D eigenvalue weighted by atomic mass is 10.2. The van der Waals surface area contributed by atoms with E-state index >= 15 is 0 Å². The van der Waals surface area contributed by atoms with Crippen molar-refractivity contribution in [2.24, 2.45) is 0 Å². The number of hydrogen-bond acceptors (Lipinski definition) is 4. The van der Waals surface area contributed by atoms with Gasteiger partial charge in [0, 0.05) is 32.4 Å². The maximum Gasteiger partial charge on any atom is 0.323 e. The quantitative estimate of drug-likeness (QED) is 0.833. The van der Waals surface area contributed by atoms with Crippen LogP contribution in [0.1, 0.15) is 23.7 Å². The molecule has 0 radical (unpaired) electrons. The predicted octanol–water partition coefficient (Wildman–Crippen LogP) is 1.08. The molecule has 0 aliphatic carbocycles. The molecule has 0 saturated carbocycles. The fraction of sp³-hybridized carbons (Fsp3) is 0.462. The van der Waals surface area contributed by atoms with Crippen molar-refractivity contribution in [3.05, 3.63) is 23.9 Å². The van der Waals surface area contributed by atoms with Crippen LogP contribution in [0.2, 0.25) is 0 Å². The molecule has 0 aromatic carbocycles. The summed E-state index contributed by atoms with van der Waals surface area (Å²) in [5.41, 5.74) is 0.452. The van der Waals surface area contributed by atoms with E-state index in [2.05, 4.69) is 4.98 Å². The Bertz CT molecular complexity index is 460. The number of carbonyl (C=O) groups is 2. The molecule has 0 atom stereocenters. The highest BCUT2D eigenvalue weighted by Crippen LogP contribution is 2.12. The van der Waals surface area contributed by atoms with Crippen LogP contribution >= 0.6 is 0 Å². The van der Waals surface area contributed by atoms with Crippen LogP contribution < -0.4 is 4.90 Å². The minimum Gasteiger partial charge on any atom is -0.480 e. The minimum absolute atomic E-state index is 0.283. The number of anilines is 1. The van der Waals surface area contributed by atoms with Crippen LogP contribution in [-0.2, 0) is 4.79 Å². The molecule has 0 aliphatic rings. The number of aromatic nitrogens is 1. The van der Waals surface area contributed by atoms with Crippen molar-refractivity contribution in [3.63, 3.8) is 0 Å². The van der Waals surface area contributed by atoms with Crippen LogP contribution in [0, 0.1) is 0 Å². The van der Waals surface area contributed by atoms with Crippen molar-refractivity contribution >= 4 is 17.7 Å². The third-order valence-corrected chi connectivity index (χ3v) is 2.56. The van der Waals surface area contributed by atoms with E-state index in [4.69, 9.17) is 5.11 Å². The van der Waals surface area contributed by atoms with Gasteiger partial charge in [0.05, 0.1) is 0 Å². The molecule has 1 rings (SSSR count). The molecule has 1 N–H and O–H groups in total. The Morgan fingerprint density at radius 1 is 1.37 bits per heavy atom. The van der Waals surface area contributed by atoms with Gasteiger partial charge in [-0.2, -0.15) is 0 Å². The van der Waals surface area contributed by atoms with E-state index in [9.17, 15) is 9.59 Å². The lowest BCUT2D eigenvalue weighted by Gasteiger charge is -2.20. The Labute approximate surface area is 112 Å². The van der Waals surface area contributed by atoms with Gasteiger partial charge >= 0.3 is 5.97 Å². The van der Waals surface area contributed by atoms with E-state index in [1.54, 1.807) is 23.2 Å². The zero-order valence-electron chi connectivity index (χ0n) is 11.5. The second-order valence-electron chi connectivity index (χ2n) is 4.42. The largest absolute Gasteiger partial charge is 0.480 e. The molecule has 6 heteroatoms. The number of nitrogens with zero attached hydrogens (tertiary/aromatic N) is 3. The summed E-state index contributed by atoms with van der Waals surface area (Å²) >= 11 is 0. The van der Waals surface area contributed by atoms with Gasteiger partial charge in [0.2, 0.25) is 0 Å². The van der Waals surface area contributed by atoms with Crippen molar-refractivity contribution in [1.29, 1.82) is 0 Å². The molecule has 1 heterocycles. The Morgan fingerprint density at radius 3 is 2.58 bits per heavy atom. The molecule has 6 nitrogen and oxygen atoms in total. The lowest BCUT2D eigenvalue weighted by Crippen LogP contribution is -2.36. The van der Waals surface area contributed by atoms with Gasteiger partial charge in [-0.25, -0.2) is 4.98 Å². The molecular formula is C13H19N3O3. The molecule has 1 amide bonds. The SMILES string of the molecule is CCCN(CC(=O)O)C(=O)c1ccnc(N(C)C)c1. The van der Waals surface area contributed by atoms with E-state index < -0.39 is 5.97 Å². The van der Waals surface area contributed by atoms with Crippen molar-refractivity contribution in [2.45, 2.75) is 13.3 Å². The summed E-state index contributed by atoms with van der Waals surface area (Å²) in [4.78, 5) is 30.3. The highest BCUT2D eigenvalue weighted by molar-refractivity contribution is 5.96. The maximum atomic E-state index is 12.3. The zero-order chi connectivity index (χ0) is 14.4. The average molecular weight is 265 g/mol. The Hall–Kier alpha value is -2.11. The van der Waals surface area contributed by atoms with E-state index in [-0.39, 0.29) is 12.5 Å². The van der Waals surface area contributed by atoms with E-state index in [1.165, 1.54) is 4.90 Å². The van der Waals surface area contributed by atoms with Gasteiger partial charge in [0.1, 0.15) is 12.4 Å². The first-order valence-electron chi connectivity index (χ1n) is 6.10. The highest BCUT2D eigenvalue weighted by atomic mass is 16.4. The van der Waals surface area contributed by atoms with E-state index in [0.29, 0.717) is 24.3 Å². The monoisotopic (exact) mass is 265 g/mol. The summed E-state index contributed by atoms with van der Waals surface area (Å²) < 4.78 is 0. The predicted molar refractivity (Wildman–Crippen MR) is 72.4 cm³/mol. The van der Waals surface area contributed by atoms with Crippen molar-refractivity contribution in [1.82, 2.24) is 9.88 Å². The van der Waals surface area contributed by atoms with E-state index in [1.807, 2.05) is 21.0 Å². The summed E-state index contributed by atoms with van der Waals surface area (Å²) in [6, 6.07) is 3.26.